The van der Waals surface area contributed by atoms with Gasteiger partial charge in [0.05, 0.1) is 0 Å². The smallest absolute Gasteiger partial charge is 0.228 e. The maximum Gasteiger partial charge on any atom is 0.228 e. The Kier molecular flexibility index (Phi) is 4.38. The molecule has 0 bridgehead atoms. The standard InChI is InChI=1S/C17H25FN2O/c1-10-5-6-12(9-14(10)18)20-16(21)13-7-8-15(19)11(2)17(13,3)4/h5-6,9,11,13,15H,7-8,19H2,1-4H3,(H,20,21). The molecule has 1 saturated carbocycles. The third-order valence-corrected chi connectivity index (χ3v) is 5.26. The van der Waals surface area contributed by atoms with Crippen molar-refractivity contribution in [2.24, 2.45) is 23.0 Å². The lowest BCUT2D eigenvalue weighted by Crippen LogP contribution is -2.50. The van der Waals surface area contributed by atoms with E-state index in [9.17, 15) is 9.18 Å². The van der Waals surface area contributed by atoms with Crippen LogP contribution in [0.3, 0.4) is 0 Å². The van der Waals surface area contributed by atoms with Gasteiger partial charge in [-0.1, -0.05) is 26.8 Å². The van der Waals surface area contributed by atoms with Gasteiger partial charge in [0.1, 0.15) is 5.82 Å². The van der Waals surface area contributed by atoms with Gasteiger partial charge in [-0.15, -0.1) is 0 Å². The molecular weight excluding hydrogens is 267 g/mol. The van der Waals surface area contributed by atoms with Gasteiger partial charge in [0.15, 0.2) is 0 Å². The molecule has 0 radical (unpaired) electrons. The lowest BCUT2D eigenvalue weighted by atomic mass is 9.61. The van der Waals surface area contributed by atoms with E-state index in [0.717, 1.165) is 12.8 Å². The SMILES string of the molecule is Cc1ccc(NC(=O)C2CCC(N)C(C)C2(C)C)cc1F. The van der Waals surface area contributed by atoms with Crippen molar-refractivity contribution in [3.63, 3.8) is 0 Å². The van der Waals surface area contributed by atoms with Crippen molar-refractivity contribution in [2.45, 2.75) is 46.6 Å². The van der Waals surface area contributed by atoms with E-state index in [1.807, 2.05) is 0 Å². The Morgan fingerprint density at radius 1 is 1.38 bits per heavy atom. The number of benzene rings is 1. The molecular formula is C17H25FN2O. The lowest BCUT2D eigenvalue weighted by molar-refractivity contribution is -0.127. The highest BCUT2D eigenvalue weighted by molar-refractivity contribution is 5.93. The first-order valence-electron chi connectivity index (χ1n) is 7.56. The maximum atomic E-state index is 13.6. The number of hydrogen-bond donors (Lipinski definition) is 2. The molecule has 3 atom stereocenters. The summed E-state index contributed by atoms with van der Waals surface area (Å²) in [5.41, 5.74) is 7.05. The Labute approximate surface area is 126 Å². The summed E-state index contributed by atoms with van der Waals surface area (Å²) in [7, 11) is 0. The van der Waals surface area contributed by atoms with E-state index < -0.39 is 0 Å². The lowest BCUT2D eigenvalue weighted by Gasteiger charge is -2.46. The van der Waals surface area contributed by atoms with Gasteiger partial charge < -0.3 is 11.1 Å². The van der Waals surface area contributed by atoms with Crippen LogP contribution in [0, 0.1) is 30.0 Å². The summed E-state index contributed by atoms with van der Waals surface area (Å²) < 4.78 is 13.6. The van der Waals surface area contributed by atoms with Crippen molar-refractivity contribution < 1.29 is 9.18 Å². The predicted molar refractivity (Wildman–Crippen MR) is 83.4 cm³/mol. The van der Waals surface area contributed by atoms with Crippen LogP contribution in [0.5, 0.6) is 0 Å². The number of aryl methyl sites for hydroxylation is 1. The topological polar surface area (TPSA) is 55.1 Å². The zero-order chi connectivity index (χ0) is 15.8. The number of hydrogen-bond acceptors (Lipinski definition) is 2. The molecule has 0 aromatic heterocycles. The number of amides is 1. The van der Waals surface area contributed by atoms with Crippen LogP contribution in [0.2, 0.25) is 0 Å². The molecule has 116 valence electrons. The van der Waals surface area contributed by atoms with Crippen LogP contribution in [-0.4, -0.2) is 11.9 Å². The van der Waals surface area contributed by atoms with Crippen molar-refractivity contribution in [1.82, 2.24) is 0 Å². The molecule has 0 aliphatic heterocycles. The molecule has 0 heterocycles. The number of nitrogens with one attached hydrogen (secondary N) is 1. The maximum absolute atomic E-state index is 13.6. The number of carbonyl (C=O) groups is 1. The highest BCUT2D eigenvalue weighted by Gasteiger charge is 2.44. The first-order chi connectivity index (χ1) is 9.73. The quantitative estimate of drug-likeness (QED) is 0.877. The van der Waals surface area contributed by atoms with Crippen LogP contribution in [0.15, 0.2) is 18.2 Å². The molecule has 1 aliphatic carbocycles. The van der Waals surface area contributed by atoms with Crippen molar-refractivity contribution >= 4 is 11.6 Å². The summed E-state index contributed by atoms with van der Waals surface area (Å²) in [4.78, 5) is 12.6. The van der Waals surface area contributed by atoms with Gasteiger partial charge in [0.2, 0.25) is 5.91 Å². The molecule has 21 heavy (non-hydrogen) atoms. The predicted octanol–water partition coefficient (Wildman–Crippen LogP) is 3.47. The van der Waals surface area contributed by atoms with Gasteiger partial charge in [0.25, 0.3) is 0 Å². The summed E-state index contributed by atoms with van der Waals surface area (Å²) in [5.74, 6) is -0.165. The third kappa shape index (κ3) is 3.10. The third-order valence-electron chi connectivity index (χ3n) is 5.26. The minimum Gasteiger partial charge on any atom is -0.327 e. The van der Waals surface area contributed by atoms with Crippen LogP contribution in [0.1, 0.15) is 39.2 Å². The van der Waals surface area contributed by atoms with E-state index in [2.05, 4.69) is 26.1 Å². The zero-order valence-electron chi connectivity index (χ0n) is 13.2. The van der Waals surface area contributed by atoms with E-state index in [0.29, 0.717) is 11.3 Å². The molecule has 1 fully saturated rings. The summed E-state index contributed by atoms with van der Waals surface area (Å²) in [5, 5.41) is 2.85. The van der Waals surface area contributed by atoms with Crippen LogP contribution >= 0.6 is 0 Å². The normalized spacial score (nSPS) is 28.2. The summed E-state index contributed by atoms with van der Waals surface area (Å²) in [6.45, 7) is 8.00. The second-order valence-corrected chi connectivity index (χ2v) is 6.86. The first kappa shape index (κ1) is 16.0. The highest BCUT2D eigenvalue weighted by Crippen LogP contribution is 2.44. The summed E-state index contributed by atoms with van der Waals surface area (Å²) in [6.07, 6.45) is 1.63. The molecule has 1 aromatic carbocycles. The van der Waals surface area contributed by atoms with Gasteiger partial charge >= 0.3 is 0 Å². The van der Waals surface area contributed by atoms with Gasteiger partial charge in [-0.2, -0.15) is 0 Å². The fraction of sp³-hybridized carbons (Fsp3) is 0.588. The van der Waals surface area contributed by atoms with Crippen molar-refractivity contribution in [3.8, 4) is 0 Å². The van der Waals surface area contributed by atoms with Crippen molar-refractivity contribution in [1.29, 1.82) is 0 Å². The Balaban J connectivity index is 2.14. The molecule has 2 rings (SSSR count). The number of carbonyl (C=O) groups excluding carboxylic acids is 1. The van der Waals surface area contributed by atoms with E-state index in [4.69, 9.17) is 5.73 Å². The second kappa shape index (κ2) is 5.76. The van der Waals surface area contributed by atoms with Crippen LogP contribution in [0.25, 0.3) is 0 Å². The molecule has 0 saturated heterocycles. The highest BCUT2D eigenvalue weighted by atomic mass is 19.1. The van der Waals surface area contributed by atoms with Gasteiger partial charge in [-0.25, -0.2) is 4.39 Å². The minimum atomic E-state index is -0.300. The van der Waals surface area contributed by atoms with E-state index in [1.54, 1.807) is 19.1 Å². The molecule has 1 amide bonds. The number of halogens is 1. The number of nitrogens with two attached hydrogens (primary N) is 1. The monoisotopic (exact) mass is 292 g/mol. The van der Waals surface area contributed by atoms with Crippen molar-refractivity contribution in [2.75, 3.05) is 5.32 Å². The molecule has 3 nitrogen and oxygen atoms in total. The fourth-order valence-corrected chi connectivity index (χ4v) is 3.22. The molecule has 3 N–H and O–H groups in total. The van der Waals surface area contributed by atoms with E-state index in [-0.39, 0.29) is 35.0 Å². The number of rotatable bonds is 2. The average molecular weight is 292 g/mol. The Morgan fingerprint density at radius 3 is 2.67 bits per heavy atom. The molecule has 1 aliphatic rings. The second-order valence-electron chi connectivity index (χ2n) is 6.86. The Morgan fingerprint density at radius 2 is 2.05 bits per heavy atom. The summed E-state index contributed by atoms with van der Waals surface area (Å²) in [6, 6.07) is 4.93. The molecule has 4 heteroatoms. The summed E-state index contributed by atoms with van der Waals surface area (Å²) >= 11 is 0. The minimum absolute atomic E-state index is 0.0398. The van der Waals surface area contributed by atoms with Crippen LogP contribution in [-0.2, 0) is 4.79 Å². The molecule has 1 aromatic rings. The van der Waals surface area contributed by atoms with E-state index >= 15 is 0 Å². The van der Waals surface area contributed by atoms with Gasteiger partial charge in [0, 0.05) is 17.6 Å². The van der Waals surface area contributed by atoms with E-state index in [1.165, 1.54) is 6.07 Å². The fourth-order valence-electron chi connectivity index (χ4n) is 3.22. The molecule has 0 spiro atoms. The van der Waals surface area contributed by atoms with Crippen molar-refractivity contribution in [3.05, 3.63) is 29.6 Å². The van der Waals surface area contributed by atoms with Crippen LogP contribution < -0.4 is 11.1 Å². The Hall–Kier alpha value is -1.42. The van der Waals surface area contributed by atoms with Crippen LogP contribution in [0.4, 0.5) is 10.1 Å². The zero-order valence-corrected chi connectivity index (χ0v) is 13.2. The average Bonchev–Trinajstić information content (AvgIpc) is 2.40. The Bertz CT molecular complexity index is 542. The number of anilines is 1. The first-order valence-corrected chi connectivity index (χ1v) is 7.56. The molecule has 3 unspecified atom stereocenters. The van der Waals surface area contributed by atoms with Gasteiger partial charge in [-0.3, -0.25) is 4.79 Å². The van der Waals surface area contributed by atoms with Gasteiger partial charge in [-0.05, 0) is 48.8 Å². The largest absolute Gasteiger partial charge is 0.327 e.